The Hall–Kier alpha value is -4.55. The first-order chi connectivity index (χ1) is 19.0. The monoisotopic (exact) mass is 537 g/mol. The predicted molar refractivity (Wildman–Crippen MR) is 151 cm³/mol. The number of carbonyl (C=O) groups excluding carboxylic acids is 1. The van der Waals surface area contributed by atoms with Crippen molar-refractivity contribution in [1.29, 1.82) is 0 Å². The fourth-order valence-electron chi connectivity index (χ4n) is 4.94. The lowest BCUT2D eigenvalue weighted by atomic mass is 9.97. The summed E-state index contributed by atoms with van der Waals surface area (Å²) in [4.78, 5) is 29.2. The number of anilines is 1. The smallest absolute Gasteiger partial charge is 0.295 e. The van der Waals surface area contributed by atoms with Crippen molar-refractivity contribution in [3.63, 3.8) is 0 Å². The molecule has 0 saturated heterocycles. The minimum atomic E-state index is -0.755. The van der Waals surface area contributed by atoms with Gasteiger partial charge in [0.15, 0.2) is 16.9 Å². The molecule has 0 fully saturated rings. The van der Waals surface area contributed by atoms with E-state index in [-0.39, 0.29) is 16.8 Å². The highest BCUT2D eigenvalue weighted by Crippen LogP contribution is 2.43. The molecule has 0 aliphatic carbocycles. The van der Waals surface area contributed by atoms with Crippen LogP contribution in [0.2, 0.25) is 5.02 Å². The summed E-state index contributed by atoms with van der Waals surface area (Å²) in [5.41, 5.74) is 2.64. The normalized spacial score (nSPS) is 14.5. The number of benzene rings is 4. The van der Waals surface area contributed by atoms with E-state index in [9.17, 15) is 9.59 Å². The van der Waals surface area contributed by atoms with E-state index in [1.165, 1.54) is 0 Å². The summed E-state index contributed by atoms with van der Waals surface area (Å²) in [5, 5.41) is 0.883. The van der Waals surface area contributed by atoms with E-state index < -0.39 is 11.9 Å². The van der Waals surface area contributed by atoms with E-state index in [0.717, 1.165) is 5.56 Å². The molecule has 6 rings (SSSR count). The number of fused-ring (bicyclic) bond motifs is 2. The van der Waals surface area contributed by atoms with Crippen LogP contribution in [0.5, 0.6) is 11.5 Å². The van der Waals surface area contributed by atoms with Crippen LogP contribution >= 0.6 is 11.6 Å². The molecule has 0 radical (unpaired) electrons. The van der Waals surface area contributed by atoms with Gasteiger partial charge in [-0.15, -0.1) is 0 Å². The summed E-state index contributed by atoms with van der Waals surface area (Å²) in [6.07, 6.45) is 0. The van der Waals surface area contributed by atoms with Crippen LogP contribution in [-0.4, -0.2) is 12.5 Å². The van der Waals surface area contributed by atoms with Gasteiger partial charge in [0.05, 0.1) is 23.6 Å². The summed E-state index contributed by atoms with van der Waals surface area (Å²) >= 11 is 6.31. The van der Waals surface area contributed by atoms with Crippen molar-refractivity contribution in [2.45, 2.75) is 19.6 Å². The molecule has 0 saturated carbocycles. The maximum atomic E-state index is 13.8. The molecule has 1 atom stereocenters. The predicted octanol–water partition coefficient (Wildman–Crippen LogP) is 7.17. The van der Waals surface area contributed by atoms with Crippen LogP contribution in [-0.2, 0) is 6.61 Å². The SMILES string of the molecule is CCOc1cc(C2c3c(oc4ccccc4c3=O)C(=O)N2c2cccc(Cl)c2)ccc1OCc1ccccc1. The van der Waals surface area contributed by atoms with Crippen LogP contribution in [0.1, 0.15) is 40.2 Å². The molecular formula is C32H24ClNO5. The van der Waals surface area contributed by atoms with E-state index in [2.05, 4.69) is 0 Å². The summed E-state index contributed by atoms with van der Waals surface area (Å²) in [5.74, 6) is 0.686. The molecule has 6 nitrogen and oxygen atoms in total. The Labute approximate surface area is 230 Å². The Balaban J connectivity index is 1.50. The Morgan fingerprint density at radius 1 is 0.846 bits per heavy atom. The minimum Gasteiger partial charge on any atom is -0.490 e. The Morgan fingerprint density at radius 3 is 2.44 bits per heavy atom. The standard InChI is InChI=1S/C32H24ClNO5/c1-2-37-27-17-21(15-16-26(27)38-19-20-9-4-3-5-10-20)29-28-30(35)24-13-6-7-14-25(24)39-31(28)32(36)34(29)23-12-8-11-22(33)18-23/h3-18,29H,2,19H2,1H3. The van der Waals surface area contributed by atoms with Gasteiger partial charge in [-0.05, 0) is 60.5 Å². The number of hydrogen-bond acceptors (Lipinski definition) is 5. The molecule has 1 aliphatic rings. The summed E-state index contributed by atoms with van der Waals surface area (Å²) < 4.78 is 18.1. The van der Waals surface area contributed by atoms with Crippen LogP contribution in [0, 0.1) is 0 Å². The molecule has 1 amide bonds. The van der Waals surface area contributed by atoms with Gasteiger partial charge in [-0.3, -0.25) is 14.5 Å². The molecule has 2 heterocycles. The van der Waals surface area contributed by atoms with E-state index >= 15 is 0 Å². The number of rotatable bonds is 7. The molecule has 0 bridgehead atoms. The van der Waals surface area contributed by atoms with Crippen molar-refractivity contribution in [3.05, 3.63) is 135 Å². The van der Waals surface area contributed by atoms with Gasteiger partial charge in [-0.25, -0.2) is 0 Å². The number of ether oxygens (including phenoxy) is 2. The van der Waals surface area contributed by atoms with Crippen LogP contribution < -0.4 is 19.8 Å². The number of para-hydroxylation sites is 1. The number of carbonyl (C=O) groups is 1. The second-order valence-electron chi connectivity index (χ2n) is 9.14. The fraction of sp³-hybridized carbons (Fsp3) is 0.125. The van der Waals surface area contributed by atoms with Crippen molar-refractivity contribution in [1.82, 2.24) is 0 Å². The van der Waals surface area contributed by atoms with E-state index in [1.807, 2.05) is 55.5 Å². The van der Waals surface area contributed by atoms with E-state index in [1.54, 1.807) is 53.4 Å². The van der Waals surface area contributed by atoms with Gasteiger partial charge in [-0.1, -0.05) is 66.2 Å². The van der Waals surface area contributed by atoms with Gasteiger partial charge in [0.2, 0.25) is 5.76 Å². The molecular weight excluding hydrogens is 514 g/mol. The van der Waals surface area contributed by atoms with Gasteiger partial charge >= 0.3 is 0 Å². The Kier molecular flexibility index (Phi) is 6.55. The minimum absolute atomic E-state index is 0.0195. The van der Waals surface area contributed by atoms with Gasteiger partial charge in [-0.2, -0.15) is 0 Å². The lowest BCUT2D eigenvalue weighted by Crippen LogP contribution is -2.29. The van der Waals surface area contributed by atoms with Gasteiger partial charge in [0.25, 0.3) is 5.91 Å². The molecule has 39 heavy (non-hydrogen) atoms. The highest BCUT2D eigenvalue weighted by molar-refractivity contribution is 6.31. The third-order valence-electron chi connectivity index (χ3n) is 6.68. The van der Waals surface area contributed by atoms with Gasteiger partial charge < -0.3 is 13.9 Å². The second kappa shape index (κ2) is 10.3. The van der Waals surface area contributed by atoms with Crippen LogP contribution in [0.4, 0.5) is 5.69 Å². The molecule has 0 N–H and O–H groups in total. The van der Waals surface area contributed by atoms with Crippen molar-refractivity contribution in [2.24, 2.45) is 0 Å². The van der Waals surface area contributed by atoms with Crippen LogP contribution in [0.3, 0.4) is 0 Å². The van der Waals surface area contributed by atoms with Crippen molar-refractivity contribution in [2.75, 3.05) is 11.5 Å². The van der Waals surface area contributed by atoms with E-state index in [0.29, 0.717) is 52.0 Å². The van der Waals surface area contributed by atoms with Crippen LogP contribution in [0.15, 0.2) is 106 Å². The van der Waals surface area contributed by atoms with E-state index in [4.69, 9.17) is 25.5 Å². The van der Waals surface area contributed by atoms with Crippen LogP contribution in [0.25, 0.3) is 11.0 Å². The zero-order valence-corrected chi connectivity index (χ0v) is 21.9. The highest BCUT2D eigenvalue weighted by atomic mass is 35.5. The second-order valence-corrected chi connectivity index (χ2v) is 9.58. The molecule has 0 spiro atoms. The zero-order chi connectivity index (χ0) is 26.9. The molecule has 194 valence electrons. The first-order valence-electron chi connectivity index (χ1n) is 12.6. The largest absolute Gasteiger partial charge is 0.490 e. The lowest BCUT2D eigenvalue weighted by Gasteiger charge is -2.26. The molecule has 5 aromatic rings. The highest BCUT2D eigenvalue weighted by Gasteiger charge is 2.44. The lowest BCUT2D eigenvalue weighted by molar-refractivity contribution is 0.0971. The average Bonchev–Trinajstić information content (AvgIpc) is 3.25. The third-order valence-corrected chi connectivity index (χ3v) is 6.92. The summed E-state index contributed by atoms with van der Waals surface area (Å²) in [7, 11) is 0. The molecule has 1 unspecified atom stereocenters. The fourth-order valence-corrected chi connectivity index (χ4v) is 5.13. The summed E-state index contributed by atoms with van der Waals surface area (Å²) in [6, 6.07) is 28.5. The van der Waals surface area contributed by atoms with Gasteiger partial charge in [0, 0.05) is 10.7 Å². The zero-order valence-electron chi connectivity index (χ0n) is 21.1. The third kappa shape index (κ3) is 4.53. The topological polar surface area (TPSA) is 69.0 Å². The number of amides is 1. The first kappa shape index (κ1) is 24.8. The number of nitrogens with zero attached hydrogens (tertiary/aromatic N) is 1. The maximum Gasteiger partial charge on any atom is 0.295 e. The van der Waals surface area contributed by atoms with Crippen molar-refractivity contribution in [3.8, 4) is 11.5 Å². The van der Waals surface area contributed by atoms with Gasteiger partial charge in [0.1, 0.15) is 12.2 Å². The Morgan fingerprint density at radius 2 is 1.64 bits per heavy atom. The quantitative estimate of drug-likeness (QED) is 0.220. The molecule has 1 aliphatic heterocycles. The first-order valence-corrected chi connectivity index (χ1v) is 13.0. The molecule has 1 aromatic heterocycles. The number of hydrogen-bond donors (Lipinski definition) is 0. The number of halogens is 1. The van der Waals surface area contributed by atoms with Crippen molar-refractivity contribution < 1.29 is 18.7 Å². The maximum absolute atomic E-state index is 13.8. The average molecular weight is 538 g/mol. The molecule has 7 heteroatoms. The molecule has 4 aromatic carbocycles. The Bertz CT molecular complexity index is 1750. The van der Waals surface area contributed by atoms with Crippen molar-refractivity contribution >= 4 is 34.2 Å². The summed E-state index contributed by atoms with van der Waals surface area (Å²) in [6.45, 7) is 2.67.